The molecule has 0 unspecified atom stereocenters. The van der Waals surface area contributed by atoms with E-state index in [0.717, 1.165) is 31.0 Å². The molecule has 1 atom stereocenters. The summed E-state index contributed by atoms with van der Waals surface area (Å²) < 4.78 is 30.2. The summed E-state index contributed by atoms with van der Waals surface area (Å²) in [5, 5.41) is 3.02. The Kier molecular flexibility index (Phi) is 11.6. The summed E-state index contributed by atoms with van der Waals surface area (Å²) in [6.45, 7) is 7.93. The summed E-state index contributed by atoms with van der Waals surface area (Å²) in [5.41, 5.74) is 3.97. The lowest BCUT2D eigenvalue weighted by atomic mass is 10.0. The third-order valence-electron chi connectivity index (χ3n) is 7.59. The molecule has 0 heterocycles. The average Bonchev–Trinajstić information content (AvgIpc) is 3.02. The number of halogens is 1. The molecule has 0 saturated carbocycles. The van der Waals surface area contributed by atoms with Crippen LogP contribution in [-0.2, 0) is 32.6 Å². The quantitative estimate of drug-likeness (QED) is 0.170. The first-order valence-electron chi connectivity index (χ1n) is 15.0. The van der Waals surface area contributed by atoms with E-state index in [1.54, 1.807) is 30.3 Å². The normalized spacial score (nSPS) is 12.0. The molecule has 45 heavy (non-hydrogen) atoms. The van der Waals surface area contributed by atoms with Gasteiger partial charge in [0.25, 0.3) is 10.0 Å². The van der Waals surface area contributed by atoms with Crippen LogP contribution in [0, 0.1) is 19.8 Å². The minimum atomic E-state index is -4.14. The van der Waals surface area contributed by atoms with Crippen molar-refractivity contribution in [3.05, 3.63) is 130 Å². The molecule has 4 rings (SSSR count). The molecule has 9 heteroatoms. The Morgan fingerprint density at radius 2 is 1.44 bits per heavy atom. The smallest absolute Gasteiger partial charge is 0.264 e. The molecule has 236 valence electrons. The average molecular weight is 691 g/mol. The van der Waals surface area contributed by atoms with E-state index in [2.05, 4.69) is 21.2 Å². The van der Waals surface area contributed by atoms with Crippen LogP contribution in [0.2, 0.25) is 0 Å². The largest absolute Gasteiger partial charge is 0.354 e. The summed E-state index contributed by atoms with van der Waals surface area (Å²) in [4.78, 5) is 30.0. The number of benzene rings is 4. The zero-order chi connectivity index (χ0) is 32.6. The van der Waals surface area contributed by atoms with Crippen LogP contribution in [0.4, 0.5) is 5.69 Å². The topological polar surface area (TPSA) is 86.8 Å². The Hall–Kier alpha value is -3.95. The van der Waals surface area contributed by atoms with Gasteiger partial charge in [-0.1, -0.05) is 96.5 Å². The molecule has 4 aromatic carbocycles. The Morgan fingerprint density at radius 3 is 2.07 bits per heavy atom. The molecule has 7 nitrogen and oxygen atoms in total. The summed E-state index contributed by atoms with van der Waals surface area (Å²) >= 11 is 3.51. The second-order valence-corrected chi connectivity index (χ2v) is 14.4. The van der Waals surface area contributed by atoms with Crippen molar-refractivity contribution in [2.75, 3.05) is 17.4 Å². The zero-order valence-electron chi connectivity index (χ0n) is 26.1. The standard InChI is InChI=1S/C36H40BrN3O4S/c1-26(2)23-38-36(42)34(22-29-12-7-5-8-13-29)39(24-30-14-11-15-31(37)21-30)35(41)25-40(32-19-18-27(3)28(4)20-32)45(43,44)33-16-9-6-10-17-33/h5-21,26,34H,22-25H2,1-4H3,(H,38,42)/t34-/m0/s1. The van der Waals surface area contributed by atoms with Gasteiger partial charge >= 0.3 is 0 Å². The molecule has 0 aliphatic heterocycles. The molecule has 0 radical (unpaired) electrons. The number of aryl methyl sites for hydroxylation is 2. The maximum atomic E-state index is 14.5. The van der Waals surface area contributed by atoms with Crippen molar-refractivity contribution < 1.29 is 18.0 Å². The van der Waals surface area contributed by atoms with Crippen molar-refractivity contribution in [2.45, 2.75) is 51.6 Å². The number of nitrogens with zero attached hydrogens (tertiary/aromatic N) is 2. The number of rotatable bonds is 13. The molecular formula is C36H40BrN3O4S. The highest BCUT2D eigenvalue weighted by molar-refractivity contribution is 9.10. The Balaban J connectivity index is 1.81. The van der Waals surface area contributed by atoms with Gasteiger partial charge in [-0.3, -0.25) is 13.9 Å². The maximum absolute atomic E-state index is 14.5. The van der Waals surface area contributed by atoms with Gasteiger partial charge < -0.3 is 10.2 Å². The van der Waals surface area contributed by atoms with Gasteiger partial charge in [0.2, 0.25) is 11.8 Å². The van der Waals surface area contributed by atoms with Crippen LogP contribution in [-0.4, -0.2) is 44.3 Å². The van der Waals surface area contributed by atoms with E-state index in [-0.39, 0.29) is 29.7 Å². The van der Waals surface area contributed by atoms with Crippen LogP contribution in [0.5, 0.6) is 0 Å². The van der Waals surface area contributed by atoms with Crippen LogP contribution in [0.15, 0.2) is 112 Å². The molecular weight excluding hydrogens is 650 g/mol. The summed E-state index contributed by atoms with van der Waals surface area (Å²) in [7, 11) is -4.14. The number of anilines is 1. The van der Waals surface area contributed by atoms with E-state index in [1.165, 1.54) is 17.0 Å². The van der Waals surface area contributed by atoms with Gasteiger partial charge in [0.05, 0.1) is 10.6 Å². The highest BCUT2D eigenvalue weighted by atomic mass is 79.9. The molecule has 1 N–H and O–H groups in total. The summed E-state index contributed by atoms with van der Waals surface area (Å²) in [6, 6.07) is 29.6. The molecule has 0 aromatic heterocycles. The molecule has 2 amide bonds. The number of carbonyl (C=O) groups is 2. The monoisotopic (exact) mass is 689 g/mol. The lowest BCUT2D eigenvalue weighted by Crippen LogP contribution is -2.53. The lowest BCUT2D eigenvalue weighted by molar-refractivity contribution is -0.140. The van der Waals surface area contributed by atoms with Gasteiger partial charge in [-0.15, -0.1) is 0 Å². The van der Waals surface area contributed by atoms with E-state index in [0.29, 0.717) is 12.2 Å². The van der Waals surface area contributed by atoms with Crippen LogP contribution in [0.25, 0.3) is 0 Å². The van der Waals surface area contributed by atoms with Gasteiger partial charge in [-0.2, -0.15) is 0 Å². The van der Waals surface area contributed by atoms with E-state index in [1.807, 2.05) is 88.4 Å². The van der Waals surface area contributed by atoms with E-state index >= 15 is 0 Å². The van der Waals surface area contributed by atoms with Crippen LogP contribution >= 0.6 is 15.9 Å². The van der Waals surface area contributed by atoms with Crippen molar-refractivity contribution in [3.8, 4) is 0 Å². The third-order valence-corrected chi connectivity index (χ3v) is 9.87. The fraction of sp³-hybridized carbons (Fsp3) is 0.278. The molecule has 0 fully saturated rings. The number of carbonyl (C=O) groups excluding carboxylic acids is 2. The predicted molar refractivity (Wildman–Crippen MR) is 183 cm³/mol. The second-order valence-electron chi connectivity index (χ2n) is 11.6. The highest BCUT2D eigenvalue weighted by Crippen LogP contribution is 2.27. The molecule has 0 spiro atoms. The first-order valence-corrected chi connectivity index (χ1v) is 17.2. The fourth-order valence-corrected chi connectivity index (χ4v) is 6.81. The predicted octanol–water partition coefficient (Wildman–Crippen LogP) is 6.67. The van der Waals surface area contributed by atoms with Crippen molar-refractivity contribution in [1.82, 2.24) is 10.2 Å². The Bertz CT molecular complexity index is 1710. The summed E-state index contributed by atoms with van der Waals surface area (Å²) in [5.74, 6) is -0.579. The fourth-order valence-electron chi connectivity index (χ4n) is 4.94. The van der Waals surface area contributed by atoms with Gasteiger partial charge in [-0.25, -0.2) is 8.42 Å². The van der Waals surface area contributed by atoms with Crippen molar-refractivity contribution in [2.24, 2.45) is 5.92 Å². The lowest BCUT2D eigenvalue weighted by Gasteiger charge is -2.34. The van der Waals surface area contributed by atoms with Crippen molar-refractivity contribution >= 4 is 43.5 Å². The van der Waals surface area contributed by atoms with Crippen LogP contribution in [0.3, 0.4) is 0 Å². The number of hydrogen-bond donors (Lipinski definition) is 1. The Morgan fingerprint density at radius 1 is 0.800 bits per heavy atom. The molecule has 4 aromatic rings. The number of amides is 2. The number of sulfonamides is 1. The van der Waals surface area contributed by atoms with Gasteiger partial charge in [0, 0.05) is 24.0 Å². The van der Waals surface area contributed by atoms with Crippen molar-refractivity contribution in [1.29, 1.82) is 0 Å². The SMILES string of the molecule is Cc1ccc(N(CC(=O)N(Cc2cccc(Br)c2)[C@@H](Cc2ccccc2)C(=O)NCC(C)C)S(=O)(=O)c2ccccc2)cc1C. The number of nitrogens with one attached hydrogen (secondary N) is 1. The number of hydrogen-bond acceptors (Lipinski definition) is 4. The van der Waals surface area contributed by atoms with E-state index in [4.69, 9.17) is 0 Å². The first kappa shape index (κ1) is 33.9. The van der Waals surface area contributed by atoms with Gasteiger partial charge in [0.15, 0.2) is 0 Å². The third kappa shape index (κ3) is 9.05. The van der Waals surface area contributed by atoms with Crippen molar-refractivity contribution in [3.63, 3.8) is 0 Å². The summed E-state index contributed by atoms with van der Waals surface area (Å²) in [6.07, 6.45) is 0.263. The van der Waals surface area contributed by atoms with E-state index < -0.39 is 28.5 Å². The van der Waals surface area contributed by atoms with E-state index in [9.17, 15) is 18.0 Å². The van der Waals surface area contributed by atoms with Crippen LogP contribution < -0.4 is 9.62 Å². The first-order chi connectivity index (χ1) is 21.5. The van der Waals surface area contributed by atoms with Gasteiger partial charge in [0.1, 0.15) is 12.6 Å². The molecule has 0 saturated heterocycles. The second kappa shape index (κ2) is 15.4. The molecule has 0 aliphatic carbocycles. The molecule has 0 aliphatic rings. The minimum Gasteiger partial charge on any atom is -0.354 e. The maximum Gasteiger partial charge on any atom is 0.264 e. The zero-order valence-corrected chi connectivity index (χ0v) is 28.5. The minimum absolute atomic E-state index is 0.0741. The van der Waals surface area contributed by atoms with Crippen LogP contribution in [0.1, 0.15) is 36.1 Å². The Labute approximate surface area is 275 Å². The van der Waals surface area contributed by atoms with Gasteiger partial charge in [-0.05, 0) is 78.4 Å². The molecule has 0 bridgehead atoms. The highest BCUT2D eigenvalue weighted by Gasteiger charge is 2.34.